The van der Waals surface area contributed by atoms with Gasteiger partial charge in [0.1, 0.15) is 5.75 Å². The molecule has 1 amide bonds. The first kappa shape index (κ1) is 20.3. The number of fused-ring (bicyclic) bond motifs is 1. The lowest BCUT2D eigenvalue weighted by Gasteiger charge is -2.35. The maximum atomic E-state index is 12.7. The molecule has 0 bridgehead atoms. The average molecular weight is 400 g/mol. The molecule has 1 aromatic carbocycles. The van der Waals surface area contributed by atoms with Gasteiger partial charge in [0.05, 0.1) is 19.6 Å². The Kier molecular flexibility index (Phi) is 6.00. The van der Waals surface area contributed by atoms with E-state index in [9.17, 15) is 22.8 Å². The largest absolute Gasteiger partial charge is 0.573 e. The van der Waals surface area contributed by atoms with Crippen LogP contribution in [0.3, 0.4) is 0 Å². The number of ether oxygens (including phenoxy) is 2. The van der Waals surface area contributed by atoms with Crippen LogP contribution in [0.25, 0.3) is 0 Å². The Hall–Kier alpha value is -2.45. The third kappa shape index (κ3) is 4.88. The molecule has 0 unspecified atom stereocenters. The number of amides is 1. The van der Waals surface area contributed by atoms with Gasteiger partial charge in [-0.3, -0.25) is 9.59 Å². The normalized spacial score (nSPS) is 17.9. The van der Waals surface area contributed by atoms with Gasteiger partial charge in [-0.1, -0.05) is 0 Å². The standard InChI is InChI=1S/C19H23F3N2O4/c1-27-18(26)13-6-9-23(10-7-13)17(25)12-24-8-2-3-14-11-15(4-5-16(14)24)28-19(20,21)22/h4-5,11,13H,2-3,6-10,12H2,1H3. The molecule has 0 N–H and O–H groups in total. The number of piperidine rings is 1. The smallest absolute Gasteiger partial charge is 0.469 e. The van der Waals surface area contributed by atoms with Crippen LogP contribution in [0.1, 0.15) is 24.8 Å². The van der Waals surface area contributed by atoms with Gasteiger partial charge in [-0.2, -0.15) is 0 Å². The van der Waals surface area contributed by atoms with Gasteiger partial charge < -0.3 is 19.3 Å². The molecular weight excluding hydrogens is 377 g/mol. The van der Waals surface area contributed by atoms with Crippen molar-refractivity contribution >= 4 is 17.6 Å². The van der Waals surface area contributed by atoms with Crippen LogP contribution >= 0.6 is 0 Å². The lowest BCUT2D eigenvalue weighted by Crippen LogP contribution is -2.46. The summed E-state index contributed by atoms with van der Waals surface area (Å²) in [6.45, 7) is 1.82. The van der Waals surface area contributed by atoms with E-state index in [1.165, 1.54) is 19.2 Å². The number of hydrogen-bond acceptors (Lipinski definition) is 5. The van der Waals surface area contributed by atoms with Gasteiger partial charge in [0.25, 0.3) is 0 Å². The van der Waals surface area contributed by atoms with Crippen LogP contribution in [0.2, 0.25) is 0 Å². The second-order valence-electron chi connectivity index (χ2n) is 7.04. The number of alkyl halides is 3. The number of halogens is 3. The van der Waals surface area contributed by atoms with Crippen LogP contribution in [0.5, 0.6) is 5.75 Å². The Labute approximate surface area is 161 Å². The Balaban J connectivity index is 1.62. The lowest BCUT2D eigenvalue weighted by molar-refractivity contribution is -0.274. The highest BCUT2D eigenvalue weighted by molar-refractivity contribution is 5.82. The fourth-order valence-electron chi connectivity index (χ4n) is 3.81. The number of carbonyl (C=O) groups excluding carboxylic acids is 2. The Morgan fingerprint density at radius 3 is 2.54 bits per heavy atom. The van der Waals surface area contributed by atoms with E-state index in [0.717, 1.165) is 17.7 Å². The molecule has 6 nitrogen and oxygen atoms in total. The molecule has 9 heteroatoms. The van der Waals surface area contributed by atoms with Gasteiger partial charge in [0.15, 0.2) is 0 Å². The van der Waals surface area contributed by atoms with Crippen LogP contribution in [0, 0.1) is 5.92 Å². The number of esters is 1. The summed E-state index contributed by atoms with van der Waals surface area (Å²) in [7, 11) is 1.36. The molecule has 2 heterocycles. The van der Waals surface area contributed by atoms with Crippen molar-refractivity contribution < 1.29 is 32.2 Å². The molecule has 1 aromatic rings. The summed E-state index contributed by atoms with van der Waals surface area (Å²) in [4.78, 5) is 27.9. The van der Waals surface area contributed by atoms with E-state index >= 15 is 0 Å². The van der Waals surface area contributed by atoms with E-state index in [4.69, 9.17) is 4.74 Å². The van der Waals surface area contributed by atoms with Crippen molar-refractivity contribution in [1.29, 1.82) is 0 Å². The maximum absolute atomic E-state index is 12.7. The van der Waals surface area contributed by atoms with Gasteiger partial charge in [-0.15, -0.1) is 13.2 Å². The van der Waals surface area contributed by atoms with Crippen LogP contribution in [0.4, 0.5) is 18.9 Å². The zero-order valence-corrected chi connectivity index (χ0v) is 15.6. The van der Waals surface area contributed by atoms with Crippen molar-refractivity contribution in [2.75, 3.05) is 38.2 Å². The van der Waals surface area contributed by atoms with Crippen LogP contribution in [-0.4, -0.2) is 56.4 Å². The predicted octanol–water partition coefficient (Wildman–Crippen LogP) is 2.75. The molecule has 0 spiro atoms. The monoisotopic (exact) mass is 400 g/mol. The number of aryl methyl sites for hydroxylation is 1. The zero-order chi connectivity index (χ0) is 20.3. The Bertz CT molecular complexity index is 730. The fraction of sp³-hybridized carbons (Fsp3) is 0.579. The summed E-state index contributed by atoms with van der Waals surface area (Å²) in [6.07, 6.45) is -2.19. The molecule has 1 fully saturated rings. The van der Waals surface area contributed by atoms with Gasteiger partial charge in [-0.05, 0) is 49.4 Å². The molecule has 154 valence electrons. The summed E-state index contributed by atoms with van der Waals surface area (Å²) in [5, 5.41) is 0. The summed E-state index contributed by atoms with van der Waals surface area (Å²) in [6, 6.07) is 4.24. The van der Waals surface area contributed by atoms with Crippen molar-refractivity contribution in [3.63, 3.8) is 0 Å². The number of benzene rings is 1. The molecule has 0 saturated carbocycles. The number of likely N-dealkylation sites (tertiary alicyclic amines) is 1. The number of methoxy groups -OCH3 is 1. The number of rotatable bonds is 4. The average Bonchev–Trinajstić information content (AvgIpc) is 2.66. The highest BCUT2D eigenvalue weighted by Crippen LogP contribution is 2.32. The number of nitrogens with zero attached hydrogens (tertiary/aromatic N) is 2. The van der Waals surface area contributed by atoms with Crippen LogP contribution < -0.4 is 9.64 Å². The second-order valence-corrected chi connectivity index (χ2v) is 7.04. The summed E-state index contributed by atoms with van der Waals surface area (Å²) in [5.41, 5.74) is 1.50. The predicted molar refractivity (Wildman–Crippen MR) is 95.0 cm³/mol. The first-order chi connectivity index (χ1) is 13.3. The van der Waals surface area contributed by atoms with Crippen LogP contribution in [-0.2, 0) is 20.7 Å². The molecule has 1 saturated heterocycles. The van der Waals surface area contributed by atoms with E-state index in [1.54, 1.807) is 11.0 Å². The SMILES string of the molecule is COC(=O)C1CCN(C(=O)CN2CCCc3cc(OC(F)(F)F)ccc32)CC1. The van der Waals surface area contributed by atoms with E-state index in [1.807, 2.05) is 4.90 Å². The van der Waals surface area contributed by atoms with Crippen molar-refractivity contribution in [3.8, 4) is 5.75 Å². The minimum atomic E-state index is -4.73. The Morgan fingerprint density at radius 1 is 1.18 bits per heavy atom. The molecule has 2 aliphatic rings. The Morgan fingerprint density at radius 2 is 1.89 bits per heavy atom. The zero-order valence-electron chi connectivity index (χ0n) is 15.6. The first-order valence-corrected chi connectivity index (χ1v) is 9.26. The van der Waals surface area contributed by atoms with E-state index in [-0.39, 0.29) is 30.1 Å². The highest BCUT2D eigenvalue weighted by atomic mass is 19.4. The minimum absolute atomic E-state index is 0.0493. The molecular formula is C19H23F3N2O4. The molecule has 3 rings (SSSR count). The van der Waals surface area contributed by atoms with Gasteiger partial charge in [0.2, 0.25) is 5.91 Å². The second kappa shape index (κ2) is 8.28. The molecule has 0 atom stereocenters. The van der Waals surface area contributed by atoms with Crippen molar-refractivity contribution in [1.82, 2.24) is 4.90 Å². The molecule has 2 aliphatic heterocycles. The number of anilines is 1. The molecule has 0 aliphatic carbocycles. The summed E-state index contributed by atoms with van der Waals surface area (Å²) in [5.74, 6) is -0.707. The third-order valence-corrected chi connectivity index (χ3v) is 5.21. The van der Waals surface area contributed by atoms with Crippen molar-refractivity contribution in [2.24, 2.45) is 5.92 Å². The van der Waals surface area contributed by atoms with Crippen molar-refractivity contribution in [2.45, 2.75) is 32.0 Å². The third-order valence-electron chi connectivity index (χ3n) is 5.21. The van der Waals surface area contributed by atoms with Gasteiger partial charge in [0, 0.05) is 25.3 Å². The fourth-order valence-corrected chi connectivity index (χ4v) is 3.81. The lowest BCUT2D eigenvalue weighted by atomic mass is 9.97. The first-order valence-electron chi connectivity index (χ1n) is 9.26. The highest BCUT2D eigenvalue weighted by Gasteiger charge is 2.32. The number of carbonyl (C=O) groups is 2. The van der Waals surface area contributed by atoms with Gasteiger partial charge >= 0.3 is 12.3 Å². The van der Waals surface area contributed by atoms with E-state index in [2.05, 4.69) is 4.74 Å². The maximum Gasteiger partial charge on any atom is 0.573 e. The van der Waals surface area contributed by atoms with E-state index in [0.29, 0.717) is 38.9 Å². The molecule has 28 heavy (non-hydrogen) atoms. The number of hydrogen-bond donors (Lipinski definition) is 0. The van der Waals surface area contributed by atoms with E-state index < -0.39 is 6.36 Å². The minimum Gasteiger partial charge on any atom is -0.469 e. The summed E-state index contributed by atoms with van der Waals surface area (Å²) < 4.78 is 46.0. The summed E-state index contributed by atoms with van der Waals surface area (Å²) >= 11 is 0. The quantitative estimate of drug-likeness (QED) is 0.728. The molecule has 0 aromatic heterocycles. The van der Waals surface area contributed by atoms with Crippen LogP contribution in [0.15, 0.2) is 18.2 Å². The van der Waals surface area contributed by atoms with Crippen molar-refractivity contribution in [3.05, 3.63) is 23.8 Å². The van der Waals surface area contributed by atoms with Gasteiger partial charge in [-0.25, -0.2) is 0 Å². The molecule has 0 radical (unpaired) electrons. The topological polar surface area (TPSA) is 59.1 Å².